The van der Waals surface area contributed by atoms with Crippen LogP contribution in [0.4, 0.5) is 0 Å². The summed E-state index contributed by atoms with van der Waals surface area (Å²) in [6.07, 6.45) is 2.55. The monoisotopic (exact) mass is 219 g/mol. The van der Waals surface area contributed by atoms with Crippen LogP contribution < -0.4 is 5.32 Å². The van der Waals surface area contributed by atoms with Gasteiger partial charge in [-0.2, -0.15) is 0 Å². The average molecular weight is 219 g/mol. The first kappa shape index (κ1) is 11.6. The van der Waals surface area contributed by atoms with Gasteiger partial charge in [-0.15, -0.1) is 0 Å². The summed E-state index contributed by atoms with van der Waals surface area (Å²) >= 11 is 0. The molecule has 1 aromatic rings. The van der Waals surface area contributed by atoms with Crippen LogP contribution in [0.2, 0.25) is 0 Å². The molecule has 1 unspecified atom stereocenters. The van der Waals surface area contributed by atoms with Crippen molar-refractivity contribution in [3.8, 4) is 0 Å². The summed E-state index contributed by atoms with van der Waals surface area (Å²) in [4.78, 5) is 0. The predicted molar refractivity (Wildman–Crippen MR) is 66.6 cm³/mol. The Morgan fingerprint density at radius 3 is 2.75 bits per heavy atom. The second-order valence-electron chi connectivity index (χ2n) is 5.15. The SMILES string of the molecule is CC1(C)CNCC(CCc2ccccc2)O1. The number of aryl methyl sites for hydroxylation is 1. The van der Waals surface area contributed by atoms with Crippen molar-refractivity contribution in [1.29, 1.82) is 0 Å². The molecular formula is C14H21NO. The number of nitrogens with one attached hydrogen (secondary N) is 1. The summed E-state index contributed by atoms with van der Waals surface area (Å²) in [7, 11) is 0. The molecule has 1 heterocycles. The smallest absolute Gasteiger partial charge is 0.0754 e. The predicted octanol–water partition coefficient (Wildman–Crippen LogP) is 2.39. The molecule has 0 aliphatic carbocycles. The molecule has 0 aromatic heterocycles. The lowest BCUT2D eigenvalue weighted by Gasteiger charge is -2.36. The maximum atomic E-state index is 6.03. The van der Waals surface area contributed by atoms with E-state index in [0.717, 1.165) is 25.9 Å². The first-order valence-electron chi connectivity index (χ1n) is 6.08. The van der Waals surface area contributed by atoms with Gasteiger partial charge in [0.2, 0.25) is 0 Å². The van der Waals surface area contributed by atoms with E-state index in [0.29, 0.717) is 6.10 Å². The Morgan fingerprint density at radius 2 is 2.06 bits per heavy atom. The van der Waals surface area contributed by atoms with Crippen LogP contribution in [0.25, 0.3) is 0 Å². The van der Waals surface area contributed by atoms with E-state index in [2.05, 4.69) is 49.5 Å². The van der Waals surface area contributed by atoms with Crippen molar-refractivity contribution < 1.29 is 4.74 Å². The van der Waals surface area contributed by atoms with Gasteiger partial charge in [-0.25, -0.2) is 0 Å². The molecule has 1 N–H and O–H groups in total. The highest BCUT2D eigenvalue weighted by atomic mass is 16.5. The van der Waals surface area contributed by atoms with Gasteiger partial charge in [0.25, 0.3) is 0 Å². The second-order valence-corrected chi connectivity index (χ2v) is 5.15. The zero-order valence-electron chi connectivity index (χ0n) is 10.2. The van der Waals surface area contributed by atoms with Gasteiger partial charge in [-0.1, -0.05) is 30.3 Å². The van der Waals surface area contributed by atoms with Gasteiger partial charge in [0.15, 0.2) is 0 Å². The first-order chi connectivity index (χ1) is 7.66. The van der Waals surface area contributed by atoms with Gasteiger partial charge in [0.1, 0.15) is 0 Å². The molecule has 1 atom stereocenters. The van der Waals surface area contributed by atoms with E-state index >= 15 is 0 Å². The highest BCUT2D eigenvalue weighted by molar-refractivity contribution is 5.14. The van der Waals surface area contributed by atoms with Crippen molar-refractivity contribution in [2.45, 2.75) is 38.4 Å². The zero-order chi connectivity index (χ0) is 11.4. The molecule has 2 heteroatoms. The summed E-state index contributed by atoms with van der Waals surface area (Å²) < 4.78 is 6.03. The van der Waals surface area contributed by atoms with E-state index in [-0.39, 0.29) is 5.60 Å². The van der Waals surface area contributed by atoms with Crippen molar-refractivity contribution in [2.75, 3.05) is 13.1 Å². The van der Waals surface area contributed by atoms with Crippen molar-refractivity contribution in [3.05, 3.63) is 35.9 Å². The van der Waals surface area contributed by atoms with E-state index in [1.807, 2.05) is 0 Å². The topological polar surface area (TPSA) is 21.3 Å². The maximum Gasteiger partial charge on any atom is 0.0754 e. The molecule has 2 nitrogen and oxygen atoms in total. The fourth-order valence-electron chi connectivity index (χ4n) is 2.20. The number of hydrogen-bond acceptors (Lipinski definition) is 2. The third-order valence-corrected chi connectivity index (χ3v) is 3.01. The number of ether oxygens (including phenoxy) is 1. The van der Waals surface area contributed by atoms with Crippen LogP contribution in [-0.4, -0.2) is 24.8 Å². The number of hydrogen-bond donors (Lipinski definition) is 1. The Labute approximate surface area is 98.0 Å². The molecule has 0 radical (unpaired) electrons. The Kier molecular flexibility index (Phi) is 3.62. The Morgan fingerprint density at radius 1 is 1.31 bits per heavy atom. The van der Waals surface area contributed by atoms with Crippen LogP contribution in [-0.2, 0) is 11.2 Å². The summed E-state index contributed by atoms with van der Waals surface area (Å²) in [5.41, 5.74) is 1.38. The van der Waals surface area contributed by atoms with E-state index in [9.17, 15) is 0 Å². The zero-order valence-corrected chi connectivity index (χ0v) is 10.2. The van der Waals surface area contributed by atoms with E-state index < -0.39 is 0 Å². The van der Waals surface area contributed by atoms with Crippen LogP contribution in [0.3, 0.4) is 0 Å². The highest BCUT2D eigenvalue weighted by Gasteiger charge is 2.27. The van der Waals surface area contributed by atoms with Gasteiger partial charge in [0.05, 0.1) is 11.7 Å². The van der Waals surface area contributed by atoms with Crippen LogP contribution in [0, 0.1) is 0 Å². The Bertz CT molecular complexity index is 321. The van der Waals surface area contributed by atoms with Crippen molar-refractivity contribution in [2.24, 2.45) is 0 Å². The standard InChI is InChI=1S/C14H21NO/c1-14(2)11-15-10-13(16-14)9-8-12-6-4-3-5-7-12/h3-7,13,15H,8-11H2,1-2H3. The van der Waals surface area contributed by atoms with Gasteiger partial charge < -0.3 is 10.1 Å². The van der Waals surface area contributed by atoms with Crippen molar-refractivity contribution in [1.82, 2.24) is 5.32 Å². The number of benzene rings is 1. The molecule has 0 bridgehead atoms. The molecule has 0 saturated carbocycles. The Balaban J connectivity index is 1.82. The summed E-state index contributed by atoms with van der Waals surface area (Å²) in [6.45, 7) is 6.23. The normalized spacial score (nSPS) is 24.2. The van der Waals surface area contributed by atoms with E-state index in [4.69, 9.17) is 4.74 Å². The lowest BCUT2D eigenvalue weighted by molar-refractivity contribution is -0.0959. The van der Waals surface area contributed by atoms with Gasteiger partial charge in [-0.3, -0.25) is 0 Å². The molecular weight excluding hydrogens is 198 g/mol. The quantitative estimate of drug-likeness (QED) is 0.843. The van der Waals surface area contributed by atoms with E-state index in [1.165, 1.54) is 5.56 Å². The summed E-state index contributed by atoms with van der Waals surface area (Å²) in [5.74, 6) is 0. The molecule has 1 aromatic carbocycles. The minimum absolute atomic E-state index is 0.0143. The van der Waals surface area contributed by atoms with E-state index in [1.54, 1.807) is 0 Å². The first-order valence-corrected chi connectivity index (χ1v) is 6.08. The molecule has 0 amide bonds. The summed E-state index contributed by atoms with van der Waals surface area (Å²) in [6, 6.07) is 10.6. The number of morpholine rings is 1. The third kappa shape index (κ3) is 3.32. The Hall–Kier alpha value is -0.860. The fourth-order valence-corrected chi connectivity index (χ4v) is 2.20. The minimum atomic E-state index is -0.0143. The van der Waals surface area contributed by atoms with Gasteiger partial charge in [-0.05, 0) is 32.3 Å². The third-order valence-electron chi connectivity index (χ3n) is 3.01. The highest BCUT2D eigenvalue weighted by Crippen LogP contribution is 2.18. The van der Waals surface area contributed by atoms with Gasteiger partial charge in [0, 0.05) is 13.1 Å². The van der Waals surface area contributed by atoms with Crippen LogP contribution in [0.15, 0.2) is 30.3 Å². The van der Waals surface area contributed by atoms with Crippen LogP contribution >= 0.6 is 0 Å². The molecule has 0 spiro atoms. The molecule has 16 heavy (non-hydrogen) atoms. The molecule has 1 aliphatic rings. The van der Waals surface area contributed by atoms with Crippen LogP contribution in [0.5, 0.6) is 0 Å². The van der Waals surface area contributed by atoms with Crippen LogP contribution in [0.1, 0.15) is 25.8 Å². The second kappa shape index (κ2) is 4.98. The number of rotatable bonds is 3. The molecule has 1 aliphatic heterocycles. The largest absolute Gasteiger partial charge is 0.370 e. The minimum Gasteiger partial charge on any atom is -0.370 e. The lowest BCUT2D eigenvalue weighted by Crippen LogP contribution is -2.50. The molecule has 88 valence electrons. The molecule has 1 saturated heterocycles. The average Bonchev–Trinajstić information content (AvgIpc) is 2.27. The fraction of sp³-hybridized carbons (Fsp3) is 0.571. The molecule has 1 fully saturated rings. The molecule has 2 rings (SSSR count). The lowest BCUT2D eigenvalue weighted by atomic mass is 10.0. The van der Waals surface area contributed by atoms with Gasteiger partial charge >= 0.3 is 0 Å². The van der Waals surface area contributed by atoms with Crippen molar-refractivity contribution in [3.63, 3.8) is 0 Å². The van der Waals surface area contributed by atoms with Crippen molar-refractivity contribution >= 4 is 0 Å². The summed E-state index contributed by atoms with van der Waals surface area (Å²) in [5, 5.41) is 3.44. The maximum absolute atomic E-state index is 6.03.